The Morgan fingerprint density at radius 2 is 1.39 bits per heavy atom. The minimum absolute atomic E-state index is 0.0561. The zero-order valence-corrected chi connectivity index (χ0v) is 18.2. The summed E-state index contributed by atoms with van der Waals surface area (Å²) in [6, 6.07) is 0. The highest BCUT2D eigenvalue weighted by molar-refractivity contribution is 5.91. The molecule has 0 bridgehead atoms. The van der Waals surface area contributed by atoms with Crippen LogP contribution in [-0.4, -0.2) is 27.7 Å². The van der Waals surface area contributed by atoms with E-state index in [1.54, 1.807) is 0 Å². The molecule has 0 saturated heterocycles. The first-order chi connectivity index (χ1) is 13.6. The number of hydrogen-bond acceptors (Lipinski definition) is 3. The lowest BCUT2D eigenvalue weighted by molar-refractivity contribution is -0.127. The molecule has 0 heterocycles. The molecule has 0 aromatic heterocycles. The van der Waals surface area contributed by atoms with Gasteiger partial charge in [-0.2, -0.15) is 0 Å². The molecule has 3 heteroatoms. The van der Waals surface area contributed by atoms with E-state index >= 15 is 0 Å². The molecule has 1 aliphatic rings. The molecule has 0 spiro atoms. The third-order valence-electron chi connectivity index (χ3n) is 5.88. The van der Waals surface area contributed by atoms with E-state index in [1.807, 2.05) is 0 Å². The van der Waals surface area contributed by atoms with Crippen molar-refractivity contribution >= 4 is 5.78 Å². The summed E-state index contributed by atoms with van der Waals surface area (Å²) in [6.45, 7) is 2.19. The molecule has 1 aliphatic carbocycles. The molecule has 0 amide bonds. The van der Waals surface area contributed by atoms with Gasteiger partial charge in [0.1, 0.15) is 11.7 Å². The van der Waals surface area contributed by atoms with Gasteiger partial charge in [0.15, 0.2) is 5.78 Å². The smallest absolute Gasteiger partial charge is 0.158 e. The van der Waals surface area contributed by atoms with Gasteiger partial charge in [-0.1, -0.05) is 96.1 Å². The summed E-state index contributed by atoms with van der Waals surface area (Å²) >= 11 is 0. The lowest BCUT2D eigenvalue weighted by atomic mass is 9.82. The first-order valence-electron chi connectivity index (χ1n) is 11.8. The summed E-state index contributed by atoms with van der Waals surface area (Å²) in [4.78, 5) is 11.4. The van der Waals surface area contributed by atoms with Crippen molar-refractivity contribution in [2.75, 3.05) is 0 Å². The van der Waals surface area contributed by atoms with Gasteiger partial charge < -0.3 is 10.2 Å². The third kappa shape index (κ3) is 11.8. The van der Waals surface area contributed by atoms with E-state index in [2.05, 4.69) is 19.1 Å². The molecular weight excluding hydrogens is 348 g/mol. The maximum atomic E-state index is 11.4. The highest BCUT2D eigenvalue weighted by Gasteiger charge is 2.37. The Bertz CT molecular complexity index is 455. The van der Waals surface area contributed by atoms with E-state index in [1.165, 1.54) is 89.2 Å². The molecule has 0 radical (unpaired) electrons. The van der Waals surface area contributed by atoms with E-state index in [9.17, 15) is 15.0 Å². The van der Waals surface area contributed by atoms with E-state index in [0.717, 1.165) is 19.3 Å². The van der Waals surface area contributed by atoms with Crippen LogP contribution in [0.25, 0.3) is 0 Å². The Hall–Kier alpha value is -0.930. The zero-order chi connectivity index (χ0) is 20.5. The summed E-state index contributed by atoms with van der Waals surface area (Å²) in [5.74, 6) is -0.0862. The topological polar surface area (TPSA) is 57.5 Å². The Balaban J connectivity index is 1.83. The van der Waals surface area contributed by atoms with Crippen LogP contribution in [0, 0.1) is 0 Å². The predicted molar refractivity (Wildman–Crippen MR) is 118 cm³/mol. The van der Waals surface area contributed by atoms with Crippen molar-refractivity contribution in [2.24, 2.45) is 0 Å². The van der Waals surface area contributed by atoms with Gasteiger partial charge in [-0.15, -0.1) is 0 Å². The molecule has 0 saturated carbocycles. The SMILES string of the molecule is CC/C=C/CCCCCCCCCCCCCCC[C@@]1(O)CC(=O)C=C[C@@H]1O. The maximum absolute atomic E-state index is 11.4. The van der Waals surface area contributed by atoms with Crippen molar-refractivity contribution in [2.45, 2.75) is 128 Å². The minimum atomic E-state index is -1.24. The molecule has 2 N–H and O–H groups in total. The van der Waals surface area contributed by atoms with Crippen LogP contribution >= 0.6 is 0 Å². The van der Waals surface area contributed by atoms with Crippen LogP contribution < -0.4 is 0 Å². The number of carbonyl (C=O) groups is 1. The molecule has 2 atom stereocenters. The van der Waals surface area contributed by atoms with Crippen molar-refractivity contribution < 1.29 is 15.0 Å². The van der Waals surface area contributed by atoms with Gasteiger partial charge in [0, 0.05) is 6.42 Å². The maximum Gasteiger partial charge on any atom is 0.158 e. The van der Waals surface area contributed by atoms with Crippen LogP contribution in [0.5, 0.6) is 0 Å². The molecule has 1 rings (SSSR count). The zero-order valence-electron chi connectivity index (χ0n) is 18.2. The normalized spacial score (nSPS) is 22.4. The summed E-state index contributed by atoms with van der Waals surface area (Å²) < 4.78 is 0. The second kappa shape index (κ2) is 15.9. The molecule has 0 fully saturated rings. The molecule has 28 heavy (non-hydrogen) atoms. The van der Waals surface area contributed by atoms with E-state index in [-0.39, 0.29) is 12.2 Å². The Kier molecular flexibility index (Phi) is 14.3. The van der Waals surface area contributed by atoms with Gasteiger partial charge in [-0.3, -0.25) is 4.79 Å². The van der Waals surface area contributed by atoms with Crippen molar-refractivity contribution in [3.05, 3.63) is 24.3 Å². The Morgan fingerprint density at radius 3 is 1.93 bits per heavy atom. The average Bonchev–Trinajstić information content (AvgIpc) is 2.67. The second-order valence-corrected chi connectivity index (χ2v) is 8.57. The molecule has 0 aromatic rings. The Labute approximate surface area is 173 Å². The predicted octanol–water partition coefficient (Wildman–Crippen LogP) is 6.43. The second-order valence-electron chi connectivity index (χ2n) is 8.57. The summed E-state index contributed by atoms with van der Waals surface area (Å²) in [5.41, 5.74) is -1.24. The highest BCUT2D eigenvalue weighted by Crippen LogP contribution is 2.28. The summed E-state index contributed by atoms with van der Waals surface area (Å²) in [7, 11) is 0. The van der Waals surface area contributed by atoms with Gasteiger partial charge in [-0.25, -0.2) is 0 Å². The quantitative estimate of drug-likeness (QED) is 0.222. The third-order valence-corrected chi connectivity index (χ3v) is 5.88. The van der Waals surface area contributed by atoms with E-state index < -0.39 is 11.7 Å². The average molecular weight is 393 g/mol. The van der Waals surface area contributed by atoms with Crippen LogP contribution in [0.2, 0.25) is 0 Å². The summed E-state index contributed by atoms with van der Waals surface area (Å²) in [6.07, 6.45) is 26.1. The van der Waals surface area contributed by atoms with E-state index in [0.29, 0.717) is 6.42 Å². The number of aliphatic hydroxyl groups is 2. The molecule has 162 valence electrons. The fourth-order valence-corrected chi connectivity index (χ4v) is 4.00. The van der Waals surface area contributed by atoms with Gasteiger partial charge in [-0.05, 0) is 37.8 Å². The monoisotopic (exact) mass is 392 g/mol. The standard InChI is InChI=1S/C25H44O3/c1-2-3-4-5-6-7-8-9-10-11-12-13-14-15-16-17-18-21-25(28)22-23(26)19-20-24(25)27/h3-4,19-20,24,27-28H,2,5-18,21-22H2,1H3/b4-3+/t24-,25+/m0/s1. The van der Waals surface area contributed by atoms with Crippen LogP contribution in [0.1, 0.15) is 116 Å². The molecule has 0 aromatic carbocycles. The number of allylic oxidation sites excluding steroid dienone is 3. The van der Waals surface area contributed by atoms with Crippen molar-refractivity contribution in [1.82, 2.24) is 0 Å². The minimum Gasteiger partial charge on any atom is -0.386 e. The van der Waals surface area contributed by atoms with Crippen LogP contribution in [0.15, 0.2) is 24.3 Å². The van der Waals surface area contributed by atoms with Crippen LogP contribution in [-0.2, 0) is 4.79 Å². The first-order valence-corrected chi connectivity index (χ1v) is 11.8. The van der Waals surface area contributed by atoms with Crippen molar-refractivity contribution in [3.8, 4) is 0 Å². The fourth-order valence-electron chi connectivity index (χ4n) is 4.00. The summed E-state index contributed by atoms with van der Waals surface area (Å²) in [5, 5.41) is 20.3. The van der Waals surface area contributed by atoms with Crippen LogP contribution in [0.3, 0.4) is 0 Å². The number of aliphatic hydroxyl groups excluding tert-OH is 1. The van der Waals surface area contributed by atoms with Crippen molar-refractivity contribution in [3.63, 3.8) is 0 Å². The largest absolute Gasteiger partial charge is 0.386 e. The van der Waals surface area contributed by atoms with Gasteiger partial charge in [0.25, 0.3) is 0 Å². The molecule has 3 nitrogen and oxygen atoms in total. The van der Waals surface area contributed by atoms with Gasteiger partial charge >= 0.3 is 0 Å². The number of unbranched alkanes of at least 4 members (excludes halogenated alkanes) is 13. The Morgan fingerprint density at radius 1 is 0.893 bits per heavy atom. The lowest BCUT2D eigenvalue weighted by Crippen LogP contribution is -2.45. The first kappa shape index (κ1) is 25.1. The lowest BCUT2D eigenvalue weighted by Gasteiger charge is -2.33. The van der Waals surface area contributed by atoms with E-state index in [4.69, 9.17) is 0 Å². The number of carbonyl (C=O) groups excluding carboxylic acids is 1. The number of rotatable bonds is 17. The molecule has 0 unspecified atom stereocenters. The van der Waals surface area contributed by atoms with Gasteiger partial charge in [0.05, 0.1) is 0 Å². The fraction of sp³-hybridized carbons (Fsp3) is 0.800. The number of ketones is 1. The molecule has 0 aliphatic heterocycles. The highest BCUT2D eigenvalue weighted by atomic mass is 16.3. The van der Waals surface area contributed by atoms with Gasteiger partial charge in [0.2, 0.25) is 0 Å². The van der Waals surface area contributed by atoms with Crippen LogP contribution in [0.4, 0.5) is 0 Å². The molecular formula is C25H44O3. The number of hydrogen-bond donors (Lipinski definition) is 2. The van der Waals surface area contributed by atoms with Crippen molar-refractivity contribution in [1.29, 1.82) is 0 Å².